The number of nitriles is 1. The van der Waals surface area contributed by atoms with Crippen molar-refractivity contribution in [1.29, 1.82) is 5.26 Å². The number of aromatic nitrogens is 4. The van der Waals surface area contributed by atoms with Crippen LogP contribution in [0.5, 0.6) is 0 Å². The standard InChI is InChI=1S/C21H20IN7/c1-21(22)17-15(6-2-8-24-17)13-29(21)19-16-7-3-9-25-18(16)26-20(27-19)28-10-4-5-14(11-23)12-28/h2-3,6-9,14H,4-5,10,12-13H2,1H3. The van der Waals surface area contributed by atoms with Gasteiger partial charge in [0.2, 0.25) is 5.95 Å². The SMILES string of the molecule is CC1(I)c2ncccc2CN1c1nc(N2CCCC(C#N)C2)nc2ncccc12. The van der Waals surface area contributed by atoms with Crippen LogP contribution in [0.15, 0.2) is 36.7 Å². The van der Waals surface area contributed by atoms with Crippen molar-refractivity contribution in [3.05, 3.63) is 47.9 Å². The predicted molar refractivity (Wildman–Crippen MR) is 120 cm³/mol. The molecular weight excluding hydrogens is 477 g/mol. The summed E-state index contributed by atoms with van der Waals surface area (Å²) in [5.41, 5.74) is 2.96. The van der Waals surface area contributed by atoms with Gasteiger partial charge in [-0.3, -0.25) is 4.98 Å². The van der Waals surface area contributed by atoms with Crippen LogP contribution in [0.4, 0.5) is 11.8 Å². The van der Waals surface area contributed by atoms with E-state index in [9.17, 15) is 5.26 Å². The summed E-state index contributed by atoms with van der Waals surface area (Å²) in [6, 6.07) is 10.5. The lowest BCUT2D eigenvalue weighted by molar-refractivity contribution is 0.487. The summed E-state index contributed by atoms with van der Waals surface area (Å²) < 4.78 is -0.320. The first kappa shape index (κ1) is 18.5. The fourth-order valence-electron chi connectivity index (χ4n) is 4.24. The molecule has 0 N–H and O–H groups in total. The summed E-state index contributed by atoms with van der Waals surface area (Å²) in [6.45, 7) is 4.43. The van der Waals surface area contributed by atoms with Crippen LogP contribution >= 0.6 is 22.6 Å². The number of anilines is 2. The Hall–Kier alpha value is -2.54. The molecule has 0 radical (unpaired) electrons. The lowest BCUT2D eigenvalue weighted by Gasteiger charge is -2.34. The number of piperidine rings is 1. The Morgan fingerprint density at radius 2 is 2.03 bits per heavy atom. The molecule has 2 atom stereocenters. The Bertz CT molecular complexity index is 1120. The van der Waals surface area contributed by atoms with Crippen LogP contribution in [-0.4, -0.2) is 33.0 Å². The first-order chi connectivity index (χ1) is 14.1. The summed E-state index contributed by atoms with van der Waals surface area (Å²) in [7, 11) is 0. The van der Waals surface area contributed by atoms with Gasteiger partial charge < -0.3 is 9.80 Å². The van der Waals surface area contributed by atoms with E-state index >= 15 is 0 Å². The highest BCUT2D eigenvalue weighted by atomic mass is 127. The van der Waals surface area contributed by atoms with E-state index in [0.29, 0.717) is 18.1 Å². The van der Waals surface area contributed by atoms with Gasteiger partial charge in [-0.05, 0) is 66.1 Å². The molecule has 2 aliphatic heterocycles. The van der Waals surface area contributed by atoms with Gasteiger partial charge in [-0.2, -0.15) is 15.2 Å². The summed E-state index contributed by atoms with van der Waals surface area (Å²) in [5.74, 6) is 1.54. The molecule has 0 aliphatic carbocycles. The first-order valence-corrected chi connectivity index (χ1v) is 10.8. The molecule has 0 amide bonds. The summed E-state index contributed by atoms with van der Waals surface area (Å²) in [4.78, 5) is 23.3. The van der Waals surface area contributed by atoms with Crippen molar-refractivity contribution in [2.75, 3.05) is 22.9 Å². The lowest BCUT2D eigenvalue weighted by Crippen LogP contribution is -2.37. The molecule has 8 heteroatoms. The van der Waals surface area contributed by atoms with Crippen LogP contribution in [0.25, 0.3) is 11.0 Å². The predicted octanol–water partition coefficient (Wildman–Crippen LogP) is 3.79. The molecule has 0 aromatic carbocycles. The number of hydrogen-bond donors (Lipinski definition) is 0. The second-order valence-electron chi connectivity index (χ2n) is 7.69. The van der Waals surface area contributed by atoms with E-state index in [1.165, 1.54) is 5.56 Å². The summed E-state index contributed by atoms with van der Waals surface area (Å²) >= 11 is 2.46. The lowest BCUT2D eigenvalue weighted by atomic mass is 10.0. The van der Waals surface area contributed by atoms with Gasteiger partial charge in [0, 0.05) is 32.0 Å². The molecule has 1 fully saturated rings. The molecule has 3 aromatic rings. The van der Waals surface area contributed by atoms with E-state index in [1.807, 2.05) is 24.4 Å². The number of alkyl halides is 1. The molecule has 5 heterocycles. The van der Waals surface area contributed by atoms with Gasteiger partial charge in [0.1, 0.15) is 9.36 Å². The number of hydrogen-bond acceptors (Lipinski definition) is 7. The molecule has 146 valence electrons. The van der Waals surface area contributed by atoms with Crippen molar-refractivity contribution in [3.8, 4) is 6.07 Å². The maximum atomic E-state index is 9.38. The number of fused-ring (bicyclic) bond motifs is 2. The zero-order valence-corrected chi connectivity index (χ0v) is 18.2. The van der Waals surface area contributed by atoms with Gasteiger partial charge in [0.05, 0.1) is 23.1 Å². The van der Waals surface area contributed by atoms with Crippen LogP contribution in [0, 0.1) is 17.2 Å². The highest BCUT2D eigenvalue weighted by Crippen LogP contribution is 2.46. The maximum absolute atomic E-state index is 9.38. The fraction of sp³-hybridized carbons (Fsp3) is 0.381. The van der Waals surface area contributed by atoms with Crippen molar-refractivity contribution < 1.29 is 0 Å². The fourth-order valence-corrected chi connectivity index (χ4v) is 5.13. The monoisotopic (exact) mass is 497 g/mol. The van der Waals surface area contributed by atoms with Crippen molar-refractivity contribution >= 4 is 45.4 Å². The minimum Gasteiger partial charge on any atom is -0.339 e. The molecule has 7 nitrogen and oxygen atoms in total. The highest BCUT2D eigenvalue weighted by molar-refractivity contribution is 14.1. The average Bonchev–Trinajstić information content (AvgIpc) is 3.03. The third kappa shape index (κ3) is 3.08. The largest absolute Gasteiger partial charge is 0.339 e. The second-order valence-corrected chi connectivity index (χ2v) is 9.79. The molecule has 5 rings (SSSR count). The van der Waals surface area contributed by atoms with Crippen LogP contribution in [0.2, 0.25) is 0 Å². The third-order valence-corrected chi connectivity index (χ3v) is 6.83. The quantitative estimate of drug-likeness (QED) is 0.303. The number of nitrogens with zero attached hydrogens (tertiary/aromatic N) is 7. The Morgan fingerprint density at radius 1 is 1.21 bits per heavy atom. The van der Waals surface area contributed by atoms with E-state index in [2.05, 4.69) is 61.4 Å². The van der Waals surface area contributed by atoms with E-state index in [-0.39, 0.29) is 9.46 Å². The van der Waals surface area contributed by atoms with Gasteiger partial charge in [0.15, 0.2) is 5.65 Å². The number of halogens is 1. The Labute approximate surface area is 182 Å². The van der Waals surface area contributed by atoms with Crippen LogP contribution < -0.4 is 9.80 Å². The van der Waals surface area contributed by atoms with Crippen molar-refractivity contribution in [2.45, 2.75) is 29.9 Å². The summed E-state index contributed by atoms with van der Waals surface area (Å²) in [5, 5.41) is 10.3. The first-order valence-electron chi connectivity index (χ1n) is 9.76. The van der Waals surface area contributed by atoms with Crippen molar-refractivity contribution in [2.24, 2.45) is 5.92 Å². The molecule has 3 aromatic heterocycles. The van der Waals surface area contributed by atoms with E-state index in [0.717, 1.165) is 42.8 Å². The Kier molecular flexibility index (Phi) is 4.50. The van der Waals surface area contributed by atoms with Crippen molar-refractivity contribution in [3.63, 3.8) is 0 Å². The van der Waals surface area contributed by atoms with Gasteiger partial charge >= 0.3 is 0 Å². The molecule has 0 spiro atoms. The van der Waals surface area contributed by atoms with Crippen LogP contribution in [0.1, 0.15) is 31.0 Å². The maximum Gasteiger partial charge on any atom is 0.229 e. The van der Waals surface area contributed by atoms with Gasteiger partial charge in [-0.15, -0.1) is 0 Å². The topological polar surface area (TPSA) is 81.8 Å². The number of rotatable bonds is 2. The molecule has 0 saturated carbocycles. The third-order valence-electron chi connectivity index (χ3n) is 5.74. The smallest absolute Gasteiger partial charge is 0.229 e. The zero-order chi connectivity index (χ0) is 20.0. The van der Waals surface area contributed by atoms with Crippen LogP contribution in [0.3, 0.4) is 0 Å². The molecule has 2 aliphatic rings. The minimum atomic E-state index is -0.320. The summed E-state index contributed by atoms with van der Waals surface area (Å²) in [6.07, 6.45) is 5.52. The van der Waals surface area contributed by atoms with Gasteiger partial charge in [-0.25, -0.2) is 4.98 Å². The minimum absolute atomic E-state index is 0.0188. The van der Waals surface area contributed by atoms with E-state index < -0.39 is 0 Å². The molecular formula is C21H20IN7. The highest BCUT2D eigenvalue weighted by Gasteiger charge is 2.42. The molecule has 29 heavy (non-hydrogen) atoms. The normalized spacial score (nSPS) is 23.8. The second kappa shape index (κ2) is 7.06. The zero-order valence-electron chi connectivity index (χ0n) is 16.1. The molecule has 2 unspecified atom stereocenters. The van der Waals surface area contributed by atoms with E-state index in [4.69, 9.17) is 9.97 Å². The number of pyridine rings is 2. The van der Waals surface area contributed by atoms with Gasteiger partial charge in [0.25, 0.3) is 0 Å². The van der Waals surface area contributed by atoms with Gasteiger partial charge in [-0.1, -0.05) is 6.07 Å². The van der Waals surface area contributed by atoms with Crippen LogP contribution in [-0.2, 0) is 10.1 Å². The molecule has 0 bridgehead atoms. The van der Waals surface area contributed by atoms with E-state index in [1.54, 1.807) is 6.20 Å². The van der Waals surface area contributed by atoms with Crippen molar-refractivity contribution in [1.82, 2.24) is 19.9 Å². The molecule has 1 saturated heterocycles. The Balaban J connectivity index is 1.63. The Morgan fingerprint density at radius 3 is 2.86 bits per heavy atom. The average molecular weight is 497 g/mol.